The van der Waals surface area contributed by atoms with Crippen LogP contribution in [0, 0.1) is 11.6 Å². The van der Waals surface area contributed by atoms with E-state index >= 15 is 0 Å². The first-order valence-corrected chi connectivity index (χ1v) is 7.81. The van der Waals surface area contributed by atoms with Crippen molar-refractivity contribution in [3.63, 3.8) is 0 Å². The molecule has 3 N–H and O–H groups in total. The lowest BCUT2D eigenvalue weighted by atomic mass is 9.95. The average Bonchev–Trinajstić information content (AvgIpc) is 2.96. The largest absolute Gasteiger partial charge is 0.491 e. The molecule has 2 amide bonds. The van der Waals surface area contributed by atoms with Crippen LogP contribution >= 0.6 is 0 Å². The molecule has 1 aliphatic rings. The average molecular weight is 348 g/mol. The van der Waals surface area contributed by atoms with E-state index in [9.17, 15) is 18.7 Å². The molecule has 132 valence electrons. The predicted molar refractivity (Wildman–Crippen MR) is 87.1 cm³/mol. The van der Waals surface area contributed by atoms with Crippen LogP contribution in [0.15, 0.2) is 42.5 Å². The van der Waals surface area contributed by atoms with Gasteiger partial charge in [-0.05, 0) is 19.1 Å². The van der Waals surface area contributed by atoms with Gasteiger partial charge >= 0.3 is 6.03 Å². The molecular weight excluding hydrogens is 330 g/mol. The van der Waals surface area contributed by atoms with Crippen LogP contribution in [0.25, 0.3) is 0 Å². The maximum atomic E-state index is 13.8. The number of para-hydroxylation sites is 1. The number of carbonyl (C=O) groups excluding carboxylic acids is 1. The molecule has 7 heteroatoms. The summed E-state index contributed by atoms with van der Waals surface area (Å²) in [5.41, 5.74) is -0.906. The highest BCUT2D eigenvalue weighted by Gasteiger charge is 2.29. The molecule has 0 spiro atoms. The van der Waals surface area contributed by atoms with Crippen LogP contribution in [0.2, 0.25) is 0 Å². The molecule has 0 unspecified atom stereocenters. The Labute approximate surface area is 143 Å². The van der Waals surface area contributed by atoms with E-state index in [4.69, 9.17) is 4.74 Å². The molecular formula is C18H18F2N2O3. The predicted octanol–water partition coefficient (Wildman–Crippen LogP) is 2.61. The van der Waals surface area contributed by atoms with E-state index in [0.717, 1.165) is 17.7 Å². The Morgan fingerprint density at radius 1 is 1.32 bits per heavy atom. The summed E-state index contributed by atoms with van der Waals surface area (Å²) in [6.45, 7) is 1.42. The molecule has 3 rings (SSSR count). The van der Waals surface area contributed by atoms with Gasteiger partial charge in [-0.2, -0.15) is 0 Å². The van der Waals surface area contributed by atoms with Crippen molar-refractivity contribution in [3.05, 3.63) is 65.2 Å². The number of nitrogens with one attached hydrogen (secondary N) is 2. The summed E-state index contributed by atoms with van der Waals surface area (Å²) in [6, 6.07) is 9.45. The Hall–Kier alpha value is -2.67. The van der Waals surface area contributed by atoms with Gasteiger partial charge in [0.1, 0.15) is 29.6 Å². The van der Waals surface area contributed by atoms with E-state index in [1.165, 1.54) is 6.92 Å². The number of amides is 2. The molecule has 0 aliphatic carbocycles. The summed E-state index contributed by atoms with van der Waals surface area (Å²) in [5, 5.41) is 15.6. The third-order valence-electron chi connectivity index (χ3n) is 4.11. The van der Waals surface area contributed by atoms with Gasteiger partial charge in [-0.1, -0.05) is 24.3 Å². The van der Waals surface area contributed by atoms with Crippen molar-refractivity contribution in [1.29, 1.82) is 0 Å². The van der Waals surface area contributed by atoms with Gasteiger partial charge in [0.15, 0.2) is 0 Å². The monoisotopic (exact) mass is 348 g/mol. The van der Waals surface area contributed by atoms with Crippen LogP contribution in [-0.2, 0) is 5.60 Å². The minimum Gasteiger partial charge on any atom is -0.491 e. The second-order valence-electron chi connectivity index (χ2n) is 6.13. The molecule has 25 heavy (non-hydrogen) atoms. The molecule has 1 heterocycles. The number of hydrogen-bond donors (Lipinski definition) is 3. The molecule has 0 saturated heterocycles. The minimum atomic E-state index is -1.68. The number of halogens is 2. The summed E-state index contributed by atoms with van der Waals surface area (Å²) in [5.74, 6) is -0.888. The van der Waals surface area contributed by atoms with Crippen LogP contribution in [0.1, 0.15) is 24.1 Å². The third kappa shape index (κ3) is 3.71. The lowest BCUT2D eigenvalue weighted by molar-refractivity contribution is 0.0554. The Bertz CT molecular complexity index is 796. The van der Waals surface area contributed by atoms with Crippen LogP contribution in [0.5, 0.6) is 5.75 Å². The topological polar surface area (TPSA) is 70.6 Å². The van der Waals surface area contributed by atoms with Crippen LogP contribution < -0.4 is 15.4 Å². The number of rotatable bonds is 4. The number of urea groups is 1. The number of hydrogen-bond acceptors (Lipinski definition) is 3. The zero-order valence-corrected chi connectivity index (χ0v) is 13.6. The highest BCUT2D eigenvalue weighted by atomic mass is 19.1. The first kappa shape index (κ1) is 17.2. The molecule has 2 aromatic carbocycles. The van der Waals surface area contributed by atoms with E-state index in [0.29, 0.717) is 18.4 Å². The fourth-order valence-corrected chi connectivity index (χ4v) is 2.77. The molecule has 0 radical (unpaired) electrons. The highest BCUT2D eigenvalue weighted by molar-refractivity contribution is 5.75. The minimum absolute atomic E-state index is 0.0938. The van der Waals surface area contributed by atoms with E-state index in [1.54, 1.807) is 0 Å². The van der Waals surface area contributed by atoms with Gasteiger partial charge in [0.05, 0.1) is 12.6 Å². The van der Waals surface area contributed by atoms with Crippen molar-refractivity contribution in [2.45, 2.75) is 18.6 Å². The fourth-order valence-electron chi connectivity index (χ4n) is 2.77. The van der Waals surface area contributed by atoms with Gasteiger partial charge in [-0.3, -0.25) is 0 Å². The van der Waals surface area contributed by atoms with Gasteiger partial charge in [0.2, 0.25) is 0 Å². The van der Waals surface area contributed by atoms with Crippen molar-refractivity contribution >= 4 is 6.03 Å². The summed E-state index contributed by atoms with van der Waals surface area (Å²) in [6.07, 6.45) is 0. The Morgan fingerprint density at radius 3 is 2.84 bits per heavy atom. The lowest BCUT2D eigenvalue weighted by Crippen LogP contribution is -2.45. The zero-order chi connectivity index (χ0) is 18.0. The standard InChI is InChI=1S/C18H18F2N2O3/c1-18(24,13-7-6-11(19)8-14(13)20)10-21-17(23)22-15-9-25-16-5-3-2-4-12(15)16/h2-8,15,24H,9-10H2,1H3,(H2,21,22,23)/t15-,18-/m1/s1. The smallest absolute Gasteiger partial charge is 0.315 e. The molecule has 5 nitrogen and oxygen atoms in total. The van der Waals surface area contributed by atoms with Gasteiger partial charge in [0.25, 0.3) is 0 Å². The van der Waals surface area contributed by atoms with Crippen LogP contribution in [-0.4, -0.2) is 24.3 Å². The van der Waals surface area contributed by atoms with Crippen LogP contribution in [0.4, 0.5) is 13.6 Å². The van der Waals surface area contributed by atoms with Crippen LogP contribution in [0.3, 0.4) is 0 Å². The molecule has 1 aliphatic heterocycles. The van der Waals surface area contributed by atoms with Crippen molar-refractivity contribution in [2.75, 3.05) is 13.2 Å². The Kier molecular flexibility index (Phi) is 4.59. The summed E-state index contributed by atoms with van der Waals surface area (Å²) >= 11 is 0. The first-order chi connectivity index (χ1) is 11.9. The van der Waals surface area contributed by atoms with Crippen molar-refractivity contribution in [2.24, 2.45) is 0 Å². The van der Waals surface area contributed by atoms with E-state index < -0.39 is 23.3 Å². The summed E-state index contributed by atoms with van der Waals surface area (Å²) in [7, 11) is 0. The number of fused-ring (bicyclic) bond motifs is 1. The molecule has 0 aromatic heterocycles. The van der Waals surface area contributed by atoms with Gasteiger partial charge < -0.3 is 20.5 Å². The third-order valence-corrected chi connectivity index (χ3v) is 4.11. The first-order valence-electron chi connectivity index (χ1n) is 7.81. The molecule has 2 aromatic rings. The Balaban J connectivity index is 1.60. The second-order valence-corrected chi connectivity index (χ2v) is 6.13. The van der Waals surface area contributed by atoms with E-state index in [-0.39, 0.29) is 18.2 Å². The lowest BCUT2D eigenvalue weighted by Gasteiger charge is -2.25. The number of benzene rings is 2. The normalized spacial score (nSPS) is 18.0. The van der Waals surface area contributed by atoms with E-state index in [2.05, 4.69) is 10.6 Å². The van der Waals surface area contributed by atoms with Crippen molar-refractivity contribution in [1.82, 2.24) is 10.6 Å². The van der Waals surface area contributed by atoms with Gasteiger partial charge in [-0.25, -0.2) is 13.6 Å². The maximum absolute atomic E-state index is 13.8. The van der Waals surface area contributed by atoms with Crippen molar-refractivity contribution in [3.8, 4) is 5.75 Å². The highest BCUT2D eigenvalue weighted by Crippen LogP contribution is 2.31. The molecule has 2 atom stereocenters. The van der Waals surface area contributed by atoms with Crippen molar-refractivity contribution < 1.29 is 23.4 Å². The van der Waals surface area contributed by atoms with Gasteiger partial charge in [0, 0.05) is 17.2 Å². The molecule has 0 fully saturated rings. The SMILES string of the molecule is C[C@@](O)(CNC(=O)N[C@@H]1COc2ccccc21)c1ccc(F)cc1F. The Morgan fingerprint density at radius 2 is 2.08 bits per heavy atom. The molecule has 0 saturated carbocycles. The zero-order valence-electron chi connectivity index (χ0n) is 13.6. The summed E-state index contributed by atoms with van der Waals surface area (Å²) < 4.78 is 32.3. The quantitative estimate of drug-likeness (QED) is 0.795. The second kappa shape index (κ2) is 6.68. The van der Waals surface area contributed by atoms with E-state index in [1.807, 2.05) is 24.3 Å². The molecule has 0 bridgehead atoms. The summed E-state index contributed by atoms with van der Waals surface area (Å²) in [4.78, 5) is 12.1. The number of carbonyl (C=O) groups is 1. The number of ether oxygens (including phenoxy) is 1. The number of aliphatic hydroxyl groups is 1. The van der Waals surface area contributed by atoms with Gasteiger partial charge in [-0.15, -0.1) is 0 Å². The fraction of sp³-hybridized carbons (Fsp3) is 0.278. The maximum Gasteiger partial charge on any atom is 0.315 e.